The molecule has 0 unspecified atom stereocenters. The lowest BCUT2D eigenvalue weighted by atomic mass is 10.1. The summed E-state index contributed by atoms with van der Waals surface area (Å²) in [6, 6.07) is 16.0. The molecule has 184 valence electrons. The second kappa shape index (κ2) is 12.7. The minimum absolute atomic E-state index is 0.0695. The van der Waals surface area contributed by atoms with E-state index in [1.165, 1.54) is 11.9 Å². The molecule has 0 saturated carbocycles. The molecule has 0 aliphatic carbocycles. The van der Waals surface area contributed by atoms with Gasteiger partial charge in [-0.2, -0.15) is 0 Å². The Bertz CT molecular complexity index is 1190. The highest BCUT2D eigenvalue weighted by Crippen LogP contribution is 2.18. The molecule has 1 aromatic heterocycles. The number of nitrogens with zero attached hydrogens (tertiary/aromatic N) is 2. The van der Waals surface area contributed by atoms with Gasteiger partial charge in [-0.15, -0.1) is 0 Å². The second-order valence-corrected chi connectivity index (χ2v) is 8.30. The van der Waals surface area contributed by atoms with Crippen LogP contribution in [0.25, 0.3) is 10.8 Å². The summed E-state index contributed by atoms with van der Waals surface area (Å²) in [6.07, 6.45) is 1.46. The average molecular weight is 499 g/mol. The van der Waals surface area contributed by atoms with Crippen LogP contribution in [0.3, 0.4) is 0 Å². The fourth-order valence-corrected chi connectivity index (χ4v) is 3.75. The summed E-state index contributed by atoms with van der Waals surface area (Å²) >= 11 is 6.21. The molecule has 3 N–H and O–H groups in total. The van der Waals surface area contributed by atoms with Crippen LogP contribution in [0.15, 0.2) is 60.8 Å². The Kier molecular flexibility index (Phi) is 9.39. The molecule has 35 heavy (non-hydrogen) atoms. The van der Waals surface area contributed by atoms with E-state index in [9.17, 15) is 14.4 Å². The van der Waals surface area contributed by atoms with Gasteiger partial charge in [0.05, 0.1) is 6.04 Å². The lowest BCUT2D eigenvalue weighted by Gasteiger charge is -2.31. The van der Waals surface area contributed by atoms with Crippen molar-refractivity contribution in [3.63, 3.8) is 0 Å². The summed E-state index contributed by atoms with van der Waals surface area (Å²) < 4.78 is 5.39. The topological polar surface area (TPSA) is 121 Å². The molecule has 0 fully saturated rings. The van der Waals surface area contributed by atoms with Gasteiger partial charge in [-0.1, -0.05) is 54.1 Å². The third kappa shape index (κ3) is 7.94. The molecule has 9 nitrogen and oxygen atoms in total. The number of anilines is 1. The number of aliphatic carboxylic acids is 1. The molecule has 1 heterocycles. The maximum absolute atomic E-state index is 12.4. The van der Waals surface area contributed by atoms with Crippen LogP contribution in [0.4, 0.5) is 10.6 Å². The van der Waals surface area contributed by atoms with Crippen LogP contribution in [0.1, 0.15) is 31.7 Å². The predicted octanol–water partition coefficient (Wildman–Crippen LogP) is 4.61. The number of fused-ring (bicyclic) bond motifs is 1. The number of aromatic nitrogens is 1. The number of halogens is 1. The minimum Gasteiger partial charge on any atom is -0.481 e. The molecule has 2 amide bonds. The molecule has 0 spiro atoms. The van der Waals surface area contributed by atoms with Crippen molar-refractivity contribution in [3.8, 4) is 0 Å². The lowest BCUT2D eigenvalue weighted by Crippen LogP contribution is -2.50. The van der Waals surface area contributed by atoms with Crippen LogP contribution in [-0.4, -0.2) is 45.7 Å². The number of hydrogen-bond acceptors (Lipinski definition) is 6. The van der Waals surface area contributed by atoms with Crippen molar-refractivity contribution in [2.75, 3.05) is 11.9 Å². The highest BCUT2D eigenvalue weighted by molar-refractivity contribution is 6.31. The van der Waals surface area contributed by atoms with Crippen molar-refractivity contribution in [1.29, 1.82) is 0 Å². The Morgan fingerprint density at radius 2 is 1.83 bits per heavy atom. The molecule has 0 radical (unpaired) electrons. The van der Waals surface area contributed by atoms with E-state index in [1.807, 2.05) is 36.4 Å². The first-order chi connectivity index (χ1) is 16.8. The van der Waals surface area contributed by atoms with Gasteiger partial charge in [0.25, 0.3) is 0 Å². The quantitative estimate of drug-likeness (QED) is 0.330. The molecular weight excluding hydrogens is 472 g/mol. The fourth-order valence-electron chi connectivity index (χ4n) is 3.55. The summed E-state index contributed by atoms with van der Waals surface area (Å²) in [5, 5.41) is 15.3. The van der Waals surface area contributed by atoms with Crippen molar-refractivity contribution < 1.29 is 24.2 Å². The number of carbonyl (C=O) groups is 3. The van der Waals surface area contributed by atoms with E-state index in [2.05, 4.69) is 15.7 Å². The van der Waals surface area contributed by atoms with E-state index < -0.39 is 18.1 Å². The summed E-state index contributed by atoms with van der Waals surface area (Å²) in [4.78, 5) is 40.0. The highest BCUT2D eigenvalue weighted by Gasteiger charge is 2.23. The Balaban J connectivity index is 1.65. The number of hydrazine groups is 1. The zero-order chi connectivity index (χ0) is 25.2. The normalized spacial score (nSPS) is 11.6. The zero-order valence-electron chi connectivity index (χ0n) is 19.2. The van der Waals surface area contributed by atoms with Crippen molar-refractivity contribution in [1.82, 2.24) is 15.4 Å². The van der Waals surface area contributed by atoms with Gasteiger partial charge in [0.1, 0.15) is 12.4 Å². The fraction of sp³-hybridized carbons (Fsp3) is 0.280. The Labute approximate surface area is 208 Å². The minimum atomic E-state index is -0.941. The Morgan fingerprint density at radius 3 is 2.54 bits per heavy atom. The molecular formula is C25H27ClN4O5. The van der Waals surface area contributed by atoms with E-state index in [4.69, 9.17) is 21.4 Å². The maximum Gasteiger partial charge on any atom is 0.412 e. The number of carbonyl (C=O) groups excluding carboxylic acids is 2. The zero-order valence-corrected chi connectivity index (χ0v) is 20.0. The number of hydrogen-bond donors (Lipinski definition) is 3. The first kappa shape index (κ1) is 25.9. The Morgan fingerprint density at radius 1 is 1.11 bits per heavy atom. The number of carboxylic acid groups (broad SMARTS) is 1. The van der Waals surface area contributed by atoms with E-state index in [0.29, 0.717) is 23.7 Å². The lowest BCUT2D eigenvalue weighted by molar-refractivity contribution is -0.137. The highest BCUT2D eigenvalue weighted by atomic mass is 35.5. The van der Waals surface area contributed by atoms with Crippen LogP contribution in [0.2, 0.25) is 5.02 Å². The number of nitrogens with one attached hydrogen (secondary N) is 2. The van der Waals surface area contributed by atoms with E-state index in [0.717, 1.165) is 16.3 Å². The SMILES string of the molecule is CC(=O)N(NCc1ccccc1Cl)[C@@H](CCCC(=O)O)COC(=O)Nc1cc2ccccc2cn1. The van der Waals surface area contributed by atoms with E-state index >= 15 is 0 Å². The molecule has 0 bridgehead atoms. The average Bonchev–Trinajstić information content (AvgIpc) is 2.82. The van der Waals surface area contributed by atoms with Crippen LogP contribution in [-0.2, 0) is 20.9 Å². The first-order valence-corrected chi connectivity index (χ1v) is 11.5. The molecule has 1 atom stereocenters. The summed E-state index contributed by atoms with van der Waals surface area (Å²) in [7, 11) is 0. The van der Waals surface area contributed by atoms with Crippen molar-refractivity contribution in [2.24, 2.45) is 0 Å². The largest absolute Gasteiger partial charge is 0.481 e. The Hall–Kier alpha value is -3.69. The van der Waals surface area contributed by atoms with Crippen LogP contribution in [0.5, 0.6) is 0 Å². The standard InChI is InChI=1S/C25H27ClN4O5/c1-17(31)30(28-15-20-9-4-5-11-22(20)26)21(10-6-12-24(32)33)16-35-25(34)29-23-13-18-7-2-3-8-19(18)14-27-23/h2-5,7-9,11,13-14,21,28H,6,10,12,15-16H2,1H3,(H,32,33)(H,27,29,34)/t21-/m0/s1. The van der Waals surface area contributed by atoms with Gasteiger partial charge >= 0.3 is 12.1 Å². The third-order valence-electron chi connectivity index (χ3n) is 5.30. The van der Waals surface area contributed by atoms with Gasteiger partial charge in [0.15, 0.2) is 0 Å². The number of pyridine rings is 1. The van der Waals surface area contributed by atoms with Gasteiger partial charge in [-0.3, -0.25) is 19.9 Å². The summed E-state index contributed by atoms with van der Waals surface area (Å²) in [6.45, 7) is 1.50. The van der Waals surface area contributed by atoms with Gasteiger partial charge in [0, 0.05) is 36.5 Å². The van der Waals surface area contributed by atoms with Crippen LogP contribution < -0.4 is 10.7 Å². The number of carboxylic acids is 1. The monoisotopic (exact) mass is 498 g/mol. The van der Waals surface area contributed by atoms with Crippen LogP contribution in [0, 0.1) is 0 Å². The molecule has 0 aliphatic rings. The van der Waals surface area contributed by atoms with Gasteiger partial charge < -0.3 is 9.84 Å². The first-order valence-electron chi connectivity index (χ1n) is 11.1. The van der Waals surface area contributed by atoms with Gasteiger partial charge in [-0.05, 0) is 35.9 Å². The number of amides is 2. The van der Waals surface area contributed by atoms with Crippen molar-refractivity contribution in [3.05, 3.63) is 71.4 Å². The molecule has 0 aliphatic heterocycles. The maximum atomic E-state index is 12.4. The number of rotatable bonds is 11. The second-order valence-electron chi connectivity index (χ2n) is 7.90. The molecule has 3 rings (SSSR count). The van der Waals surface area contributed by atoms with E-state index in [-0.39, 0.29) is 25.5 Å². The third-order valence-corrected chi connectivity index (χ3v) is 5.67. The molecule has 2 aromatic carbocycles. The number of ether oxygens (including phenoxy) is 1. The summed E-state index contributed by atoms with van der Waals surface area (Å²) in [5.41, 5.74) is 3.82. The summed E-state index contributed by atoms with van der Waals surface area (Å²) in [5.74, 6) is -0.919. The molecule has 10 heteroatoms. The van der Waals surface area contributed by atoms with Gasteiger partial charge in [0.2, 0.25) is 5.91 Å². The van der Waals surface area contributed by atoms with Gasteiger partial charge in [-0.25, -0.2) is 15.2 Å². The van der Waals surface area contributed by atoms with Crippen molar-refractivity contribution >= 4 is 46.2 Å². The van der Waals surface area contributed by atoms with Crippen LogP contribution >= 0.6 is 11.6 Å². The van der Waals surface area contributed by atoms with E-state index in [1.54, 1.807) is 24.4 Å². The molecule has 0 saturated heterocycles. The smallest absolute Gasteiger partial charge is 0.412 e. The molecule has 3 aromatic rings. The number of benzene rings is 2. The predicted molar refractivity (Wildman–Crippen MR) is 133 cm³/mol. The van der Waals surface area contributed by atoms with Crippen molar-refractivity contribution in [2.45, 2.75) is 38.8 Å².